The van der Waals surface area contributed by atoms with Gasteiger partial charge in [-0.1, -0.05) is 0 Å². The Kier molecular flexibility index (Phi) is 4.46. The van der Waals surface area contributed by atoms with Gasteiger partial charge in [0.15, 0.2) is 5.65 Å². The van der Waals surface area contributed by atoms with E-state index in [4.69, 9.17) is 4.74 Å². The minimum atomic E-state index is -0.412. The molecule has 0 saturated heterocycles. The van der Waals surface area contributed by atoms with Crippen molar-refractivity contribution < 1.29 is 9.53 Å². The van der Waals surface area contributed by atoms with E-state index < -0.39 is 6.04 Å². The monoisotopic (exact) mass is 278 g/mol. The summed E-state index contributed by atoms with van der Waals surface area (Å²) in [5, 5.41) is 10.7. The molecule has 2 heterocycles. The molecule has 8 nitrogen and oxygen atoms in total. The third kappa shape index (κ3) is 3.02. The zero-order chi connectivity index (χ0) is 14.5. The van der Waals surface area contributed by atoms with E-state index in [0.717, 1.165) is 11.0 Å². The summed E-state index contributed by atoms with van der Waals surface area (Å²) >= 11 is 0. The Hall–Kier alpha value is -2.22. The largest absolute Gasteiger partial charge is 0.383 e. The van der Waals surface area contributed by atoms with Crippen LogP contribution >= 0.6 is 0 Å². The Morgan fingerprint density at radius 2 is 2.30 bits per heavy atom. The molecular weight excluding hydrogens is 260 g/mol. The number of rotatable bonds is 6. The second kappa shape index (κ2) is 6.29. The highest BCUT2D eigenvalue weighted by Gasteiger charge is 2.15. The molecule has 0 saturated carbocycles. The van der Waals surface area contributed by atoms with E-state index in [9.17, 15) is 4.79 Å². The highest BCUT2D eigenvalue weighted by Crippen LogP contribution is 2.18. The first-order chi connectivity index (χ1) is 9.63. The number of carbonyl (C=O) groups excluding carboxylic acids is 1. The Labute approximate surface area is 116 Å². The fourth-order valence-corrected chi connectivity index (χ4v) is 1.78. The van der Waals surface area contributed by atoms with Gasteiger partial charge in [0.25, 0.3) is 0 Å². The van der Waals surface area contributed by atoms with Crippen molar-refractivity contribution in [1.82, 2.24) is 25.1 Å². The molecule has 0 aliphatic carbocycles. The number of nitrogens with zero attached hydrogens (tertiary/aromatic N) is 4. The van der Waals surface area contributed by atoms with Crippen molar-refractivity contribution in [2.45, 2.75) is 13.0 Å². The van der Waals surface area contributed by atoms with Crippen LogP contribution in [0.25, 0.3) is 11.0 Å². The van der Waals surface area contributed by atoms with Gasteiger partial charge in [-0.05, 0) is 6.92 Å². The predicted molar refractivity (Wildman–Crippen MR) is 74.3 cm³/mol. The highest BCUT2D eigenvalue weighted by molar-refractivity contribution is 5.90. The van der Waals surface area contributed by atoms with Crippen LogP contribution in [-0.2, 0) is 16.6 Å². The molecule has 1 atom stereocenters. The van der Waals surface area contributed by atoms with E-state index >= 15 is 0 Å². The molecule has 0 bridgehead atoms. The van der Waals surface area contributed by atoms with Crippen molar-refractivity contribution in [2.24, 2.45) is 7.05 Å². The number of fused-ring (bicyclic) bond motifs is 1. The van der Waals surface area contributed by atoms with E-state index in [1.807, 2.05) is 0 Å². The van der Waals surface area contributed by atoms with Crippen LogP contribution in [0.3, 0.4) is 0 Å². The predicted octanol–water partition coefficient (Wildman–Crippen LogP) is -0.0737. The third-order valence-corrected chi connectivity index (χ3v) is 2.88. The molecule has 2 aromatic rings. The maximum Gasteiger partial charge on any atom is 0.242 e. The zero-order valence-electron chi connectivity index (χ0n) is 11.8. The summed E-state index contributed by atoms with van der Waals surface area (Å²) in [7, 11) is 3.40. The van der Waals surface area contributed by atoms with Gasteiger partial charge in [-0.25, -0.2) is 9.97 Å². The first-order valence-electron chi connectivity index (χ1n) is 6.29. The van der Waals surface area contributed by atoms with Crippen LogP contribution in [-0.4, -0.2) is 52.0 Å². The SMILES string of the molecule is COCCNC(=O)C(C)Nc1ncnc2c1cnn2C. The van der Waals surface area contributed by atoms with Gasteiger partial charge in [-0.2, -0.15) is 5.10 Å². The van der Waals surface area contributed by atoms with E-state index in [1.54, 1.807) is 32.0 Å². The Balaban J connectivity index is 2.06. The summed E-state index contributed by atoms with van der Waals surface area (Å²) in [4.78, 5) is 20.2. The maximum absolute atomic E-state index is 11.9. The molecule has 1 amide bonds. The highest BCUT2D eigenvalue weighted by atomic mass is 16.5. The first kappa shape index (κ1) is 14.2. The van der Waals surface area contributed by atoms with Crippen molar-refractivity contribution in [3.63, 3.8) is 0 Å². The molecule has 20 heavy (non-hydrogen) atoms. The fourth-order valence-electron chi connectivity index (χ4n) is 1.78. The topological polar surface area (TPSA) is 94.0 Å². The Morgan fingerprint density at radius 1 is 1.50 bits per heavy atom. The van der Waals surface area contributed by atoms with E-state index in [2.05, 4.69) is 25.7 Å². The number of hydrogen-bond acceptors (Lipinski definition) is 6. The van der Waals surface area contributed by atoms with Crippen LogP contribution in [0.2, 0.25) is 0 Å². The number of methoxy groups -OCH3 is 1. The number of aromatic nitrogens is 4. The number of hydrogen-bond donors (Lipinski definition) is 2. The molecular formula is C12H18N6O2. The van der Waals surface area contributed by atoms with Crippen LogP contribution in [0.15, 0.2) is 12.5 Å². The molecule has 0 aliphatic rings. The molecule has 8 heteroatoms. The van der Waals surface area contributed by atoms with Gasteiger partial charge in [-0.3, -0.25) is 9.48 Å². The molecule has 0 fully saturated rings. The lowest BCUT2D eigenvalue weighted by Gasteiger charge is -2.14. The van der Waals surface area contributed by atoms with Crippen LogP contribution in [0, 0.1) is 0 Å². The molecule has 0 spiro atoms. The molecule has 2 N–H and O–H groups in total. The van der Waals surface area contributed by atoms with E-state index in [-0.39, 0.29) is 5.91 Å². The standard InChI is InChI=1S/C12H18N6O2/c1-8(12(19)13-4-5-20-3)17-10-9-6-16-18(2)11(9)15-7-14-10/h6-8H,4-5H2,1-3H3,(H,13,19)(H,14,15,17). The average Bonchev–Trinajstić information content (AvgIpc) is 2.82. The van der Waals surface area contributed by atoms with Crippen molar-refractivity contribution >= 4 is 22.8 Å². The number of ether oxygens (including phenoxy) is 1. The van der Waals surface area contributed by atoms with Gasteiger partial charge < -0.3 is 15.4 Å². The average molecular weight is 278 g/mol. The molecule has 0 aliphatic heterocycles. The second-order valence-electron chi connectivity index (χ2n) is 4.38. The summed E-state index contributed by atoms with van der Waals surface area (Å²) in [5.41, 5.74) is 0.717. The summed E-state index contributed by atoms with van der Waals surface area (Å²) in [5.74, 6) is 0.482. The number of nitrogens with one attached hydrogen (secondary N) is 2. The van der Waals surface area contributed by atoms with Crippen LogP contribution in [0.1, 0.15) is 6.92 Å². The van der Waals surface area contributed by atoms with Crippen molar-refractivity contribution in [3.05, 3.63) is 12.5 Å². The molecule has 2 aromatic heterocycles. The fraction of sp³-hybridized carbons (Fsp3) is 0.500. The molecule has 1 unspecified atom stereocenters. The van der Waals surface area contributed by atoms with Crippen molar-refractivity contribution in [3.8, 4) is 0 Å². The minimum absolute atomic E-state index is 0.113. The molecule has 0 radical (unpaired) electrons. The van der Waals surface area contributed by atoms with Gasteiger partial charge in [0.05, 0.1) is 18.2 Å². The molecule has 0 aromatic carbocycles. The van der Waals surface area contributed by atoms with Crippen LogP contribution in [0.4, 0.5) is 5.82 Å². The van der Waals surface area contributed by atoms with Gasteiger partial charge in [0, 0.05) is 20.7 Å². The van der Waals surface area contributed by atoms with Crippen LogP contribution < -0.4 is 10.6 Å². The quantitative estimate of drug-likeness (QED) is 0.718. The summed E-state index contributed by atoms with van der Waals surface area (Å²) in [6, 6.07) is -0.412. The van der Waals surface area contributed by atoms with Gasteiger partial charge in [0.2, 0.25) is 5.91 Å². The van der Waals surface area contributed by atoms with Crippen molar-refractivity contribution in [1.29, 1.82) is 0 Å². The summed E-state index contributed by atoms with van der Waals surface area (Å²) in [6.45, 7) is 2.73. The second-order valence-corrected chi connectivity index (χ2v) is 4.38. The van der Waals surface area contributed by atoms with E-state index in [1.165, 1.54) is 6.33 Å². The number of anilines is 1. The number of aryl methyl sites for hydroxylation is 1. The third-order valence-electron chi connectivity index (χ3n) is 2.88. The summed E-state index contributed by atoms with van der Waals surface area (Å²) in [6.07, 6.45) is 3.12. The number of amides is 1. The Bertz CT molecular complexity index is 597. The van der Waals surface area contributed by atoms with E-state index in [0.29, 0.717) is 19.0 Å². The van der Waals surface area contributed by atoms with Gasteiger partial charge >= 0.3 is 0 Å². The van der Waals surface area contributed by atoms with Crippen molar-refractivity contribution in [2.75, 3.05) is 25.6 Å². The maximum atomic E-state index is 11.9. The van der Waals surface area contributed by atoms with Gasteiger partial charge in [0.1, 0.15) is 18.2 Å². The lowest BCUT2D eigenvalue weighted by molar-refractivity contribution is -0.121. The zero-order valence-corrected chi connectivity index (χ0v) is 11.8. The minimum Gasteiger partial charge on any atom is -0.383 e. The smallest absolute Gasteiger partial charge is 0.242 e. The Morgan fingerprint density at radius 3 is 3.05 bits per heavy atom. The molecule has 2 rings (SSSR count). The normalized spacial score (nSPS) is 12.3. The van der Waals surface area contributed by atoms with Gasteiger partial charge in [-0.15, -0.1) is 0 Å². The lowest BCUT2D eigenvalue weighted by Crippen LogP contribution is -2.39. The summed E-state index contributed by atoms with van der Waals surface area (Å²) < 4.78 is 6.54. The molecule has 108 valence electrons. The van der Waals surface area contributed by atoms with Crippen LogP contribution in [0.5, 0.6) is 0 Å². The lowest BCUT2D eigenvalue weighted by atomic mass is 10.3. The first-order valence-corrected chi connectivity index (χ1v) is 6.29. The number of carbonyl (C=O) groups is 1.